The SMILES string of the molecule is CCCCc1cc2ccccc2c2c1oc1c(N(c3ccccc3)c3ccc4ccc5c(N(c6ccccc6)c6cccc7c6oc6c(CCCC)cc8ccccc8c67)ccc6ccc3c4c65)cccc12. The van der Waals surface area contributed by atoms with Crippen LogP contribution in [0.2, 0.25) is 0 Å². The van der Waals surface area contributed by atoms with Gasteiger partial charge in [-0.05, 0) is 141 Å². The Kier molecular flexibility index (Phi) is 10.0. The Hall–Kier alpha value is -8.60. The standard InChI is InChI=1S/C68H52N2O2/c1-3-5-19-47-41-45-21-13-15-27-51(45)63-55-29-17-31-59(67(55)71-65(47)63)69(49-23-9-7-10-24-49)57-39-35-43-34-38-54-58(40-36-44-33-37-53(57)61(43)62(44)54)70(50-25-11-8-12-26-50)60-32-18-30-56-64-52-28-16-14-22-46(52)42-48(20-6-4-2)66(64)72-68(56)60/h7-18,21-42H,3-6,19-20H2,1-2H3. The van der Waals surface area contributed by atoms with Gasteiger partial charge >= 0.3 is 0 Å². The van der Waals surface area contributed by atoms with Gasteiger partial charge < -0.3 is 18.6 Å². The number of rotatable bonds is 12. The molecule has 0 N–H and O–H groups in total. The number of unbranched alkanes of at least 4 members (excludes halogenated alkanes) is 2. The number of para-hydroxylation sites is 4. The van der Waals surface area contributed by atoms with E-state index in [2.05, 4.69) is 230 Å². The van der Waals surface area contributed by atoms with Crippen molar-refractivity contribution in [1.29, 1.82) is 0 Å². The molecule has 0 aliphatic heterocycles. The molecule has 0 radical (unpaired) electrons. The predicted octanol–water partition coefficient (Wildman–Crippen LogP) is 20.3. The molecule has 4 nitrogen and oxygen atoms in total. The minimum absolute atomic E-state index is 0.891. The van der Waals surface area contributed by atoms with Crippen LogP contribution in [-0.4, -0.2) is 0 Å². The highest BCUT2D eigenvalue weighted by Crippen LogP contribution is 2.51. The van der Waals surface area contributed by atoms with Gasteiger partial charge in [-0.3, -0.25) is 0 Å². The lowest BCUT2D eigenvalue weighted by atomic mass is 9.91. The number of fused-ring (bicyclic) bond motifs is 10. The highest BCUT2D eigenvalue weighted by atomic mass is 16.3. The molecular weight excluding hydrogens is 877 g/mol. The Morgan fingerprint density at radius 3 is 1.15 bits per heavy atom. The number of benzene rings is 12. The number of hydrogen-bond donors (Lipinski definition) is 0. The maximum absolute atomic E-state index is 7.23. The molecule has 0 saturated carbocycles. The van der Waals surface area contributed by atoms with Crippen molar-refractivity contribution in [3.05, 3.63) is 217 Å². The van der Waals surface area contributed by atoms with Gasteiger partial charge in [-0.1, -0.05) is 172 Å². The fraction of sp³-hybridized carbons (Fsp3) is 0.118. The molecule has 0 spiro atoms. The van der Waals surface area contributed by atoms with E-state index in [4.69, 9.17) is 8.83 Å². The minimum Gasteiger partial charge on any atom is -0.454 e. The highest BCUT2D eigenvalue weighted by molar-refractivity contribution is 6.29. The maximum Gasteiger partial charge on any atom is 0.159 e. The van der Waals surface area contributed by atoms with Gasteiger partial charge in [0.05, 0.1) is 22.7 Å². The summed E-state index contributed by atoms with van der Waals surface area (Å²) in [6.07, 6.45) is 6.40. The van der Waals surface area contributed by atoms with Gasteiger partial charge in [0.2, 0.25) is 0 Å². The van der Waals surface area contributed by atoms with Gasteiger partial charge in [-0.25, -0.2) is 0 Å². The van der Waals surface area contributed by atoms with E-state index >= 15 is 0 Å². The van der Waals surface area contributed by atoms with Crippen LogP contribution in [0.4, 0.5) is 34.1 Å². The van der Waals surface area contributed by atoms with Crippen molar-refractivity contribution in [2.75, 3.05) is 9.80 Å². The molecule has 72 heavy (non-hydrogen) atoms. The van der Waals surface area contributed by atoms with E-state index in [0.717, 1.165) is 106 Å². The summed E-state index contributed by atoms with van der Waals surface area (Å²) < 4.78 is 14.5. The third-order valence-electron chi connectivity index (χ3n) is 15.3. The summed E-state index contributed by atoms with van der Waals surface area (Å²) in [5, 5.41) is 16.8. The normalized spacial score (nSPS) is 12.1. The minimum atomic E-state index is 0.891. The van der Waals surface area contributed by atoms with Crippen LogP contribution in [0.25, 0.3) is 97.7 Å². The maximum atomic E-state index is 7.23. The molecule has 0 unspecified atom stereocenters. The summed E-state index contributed by atoms with van der Waals surface area (Å²) in [7, 11) is 0. The van der Waals surface area contributed by atoms with Gasteiger partial charge in [0, 0.05) is 43.7 Å². The first-order valence-corrected chi connectivity index (χ1v) is 25.8. The van der Waals surface area contributed by atoms with Gasteiger partial charge in [-0.2, -0.15) is 0 Å². The van der Waals surface area contributed by atoms with Crippen molar-refractivity contribution in [3.63, 3.8) is 0 Å². The fourth-order valence-corrected chi connectivity index (χ4v) is 12.0. The summed E-state index contributed by atoms with van der Waals surface area (Å²) in [6.45, 7) is 4.52. The molecule has 0 aliphatic rings. The fourth-order valence-electron chi connectivity index (χ4n) is 12.0. The second-order valence-corrected chi connectivity index (χ2v) is 19.6. The molecule has 2 heterocycles. The number of nitrogens with zero attached hydrogens (tertiary/aromatic N) is 2. The second kappa shape index (κ2) is 17.1. The number of aryl methyl sites for hydroxylation is 2. The van der Waals surface area contributed by atoms with E-state index in [9.17, 15) is 0 Å². The molecule has 0 fully saturated rings. The molecule has 2 aromatic heterocycles. The lowest BCUT2D eigenvalue weighted by Crippen LogP contribution is -2.11. The van der Waals surface area contributed by atoms with E-state index in [1.165, 1.54) is 75.8 Å². The quantitative estimate of drug-likeness (QED) is 0.114. The zero-order valence-corrected chi connectivity index (χ0v) is 40.6. The summed E-state index contributed by atoms with van der Waals surface area (Å²) >= 11 is 0. The Morgan fingerprint density at radius 1 is 0.306 bits per heavy atom. The summed E-state index contributed by atoms with van der Waals surface area (Å²) in [6, 6.07) is 75.7. The average Bonchev–Trinajstić information content (AvgIpc) is 4.04. The third-order valence-corrected chi connectivity index (χ3v) is 15.3. The van der Waals surface area contributed by atoms with Crippen molar-refractivity contribution in [2.45, 2.75) is 52.4 Å². The smallest absolute Gasteiger partial charge is 0.159 e. The molecule has 0 atom stereocenters. The van der Waals surface area contributed by atoms with E-state index < -0.39 is 0 Å². The Balaban J connectivity index is 1.01. The number of hydrogen-bond acceptors (Lipinski definition) is 4. The first-order valence-electron chi connectivity index (χ1n) is 25.8. The monoisotopic (exact) mass is 928 g/mol. The van der Waals surface area contributed by atoms with Gasteiger partial charge in [0.15, 0.2) is 11.2 Å². The molecule has 14 rings (SSSR count). The van der Waals surface area contributed by atoms with Crippen LogP contribution in [0.3, 0.4) is 0 Å². The zero-order chi connectivity index (χ0) is 47.9. The number of anilines is 6. The molecule has 0 aliphatic carbocycles. The van der Waals surface area contributed by atoms with Crippen LogP contribution >= 0.6 is 0 Å². The molecule has 0 saturated heterocycles. The summed E-state index contributed by atoms with van der Waals surface area (Å²) in [4.78, 5) is 4.84. The van der Waals surface area contributed by atoms with Crippen LogP contribution < -0.4 is 9.80 Å². The summed E-state index contributed by atoms with van der Waals surface area (Å²) in [5.74, 6) is 0. The largest absolute Gasteiger partial charge is 0.454 e. The average molecular weight is 929 g/mol. The van der Waals surface area contributed by atoms with Gasteiger partial charge in [-0.15, -0.1) is 0 Å². The Morgan fingerprint density at radius 2 is 0.708 bits per heavy atom. The predicted molar refractivity (Wildman–Crippen MR) is 306 cm³/mol. The second-order valence-electron chi connectivity index (χ2n) is 19.6. The molecule has 0 amide bonds. The van der Waals surface area contributed by atoms with E-state index in [1.807, 2.05) is 0 Å². The molecule has 346 valence electrons. The van der Waals surface area contributed by atoms with Crippen molar-refractivity contribution in [2.24, 2.45) is 0 Å². The lowest BCUT2D eigenvalue weighted by Gasteiger charge is -2.29. The van der Waals surface area contributed by atoms with E-state index in [-0.39, 0.29) is 0 Å². The molecule has 0 bridgehead atoms. The van der Waals surface area contributed by atoms with Crippen molar-refractivity contribution in [3.8, 4) is 0 Å². The first-order chi connectivity index (χ1) is 35.7. The highest BCUT2D eigenvalue weighted by Gasteiger charge is 2.27. The molecule has 4 heteroatoms. The van der Waals surface area contributed by atoms with Gasteiger partial charge in [0.1, 0.15) is 11.2 Å². The molecular formula is C68H52N2O2. The topological polar surface area (TPSA) is 32.8 Å². The first kappa shape index (κ1) is 42.3. The van der Waals surface area contributed by atoms with Gasteiger partial charge in [0.25, 0.3) is 0 Å². The summed E-state index contributed by atoms with van der Waals surface area (Å²) in [5.41, 5.74) is 12.6. The van der Waals surface area contributed by atoms with Crippen LogP contribution in [0.5, 0.6) is 0 Å². The zero-order valence-electron chi connectivity index (χ0n) is 40.6. The lowest BCUT2D eigenvalue weighted by molar-refractivity contribution is 0.659. The Bertz CT molecular complexity index is 4090. The Labute approximate surface area is 418 Å². The van der Waals surface area contributed by atoms with E-state index in [0.29, 0.717) is 0 Å². The van der Waals surface area contributed by atoms with Crippen LogP contribution in [0.1, 0.15) is 50.7 Å². The number of furan rings is 2. The van der Waals surface area contributed by atoms with Crippen molar-refractivity contribution < 1.29 is 8.83 Å². The van der Waals surface area contributed by atoms with Crippen molar-refractivity contribution in [1.82, 2.24) is 0 Å². The van der Waals surface area contributed by atoms with Crippen molar-refractivity contribution >= 4 is 132 Å². The third kappa shape index (κ3) is 6.52. The molecule has 14 aromatic rings. The molecule has 12 aromatic carbocycles. The van der Waals surface area contributed by atoms with Crippen LogP contribution in [-0.2, 0) is 12.8 Å². The van der Waals surface area contributed by atoms with Crippen LogP contribution in [0.15, 0.2) is 215 Å². The van der Waals surface area contributed by atoms with Crippen LogP contribution in [0, 0.1) is 0 Å². The van der Waals surface area contributed by atoms with E-state index in [1.54, 1.807) is 0 Å².